The van der Waals surface area contributed by atoms with Crippen molar-refractivity contribution >= 4 is 6.29 Å². The highest BCUT2D eigenvalue weighted by Gasteiger charge is 2.12. The quantitative estimate of drug-likeness (QED) is 0.657. The molecule has 0 aromatic carbocycles. The lowest BCUT2D eigenvalue weighted by molar-refractivity contribution is 0.111. The van der Waals surface area contributed by atoms with Crippen LogP contribution in [0, 0.1) is 5.92 Å². The number of carbonyl (C=O) groups excluding carboxylic acids is 1. The van der Waals surface area contributed by atoms with Crippen LogP contribution in [0.3, 0.4) is 0 Å². The van der Waals surface area contributed by atoms with Crippen molar-refractivity contribution in [1.29, 1.82) is 0 Å². The normalized spacial score (nSPS) is 11.0. The van der Waals surface area contributed by atoms with Crippen LogP contribution in [0.2, 0.25) is 0 Å². The highest BCUT2D eigenvalue weighted by atomic mass is 16.5. The molecule has 1 aromatic heterocycles. The molecule has 0 atom stereocenters. The fraction of sp³-hybridized carbons (Fsp3) is 0.727. The van der Waals surface area contributed by atoms with E-state index in [2.05, 4.69) is 24.2 Å². The molecule has 0 spiro atoms. The molecule has 0 saturated heterocycles. The van der Waals surface area contributed by atoms with E-state index in [1.54, 1.807) is 11.8 Å². The zero-order chi connectivity index (χ0) is 12.0. The van der Waals surface area contributed by atoms with Crippen molar-refractivity contribution in [1.82, 2.24) is 15.0 Å². The second kappa shape index (κ2) is 6.37. The van der Waals surface area contributed by atoms with Crippen LogP contribution in [0.4, 0.5) is 0 Å². The molecule has 90 valence electrons. The maximum atomic E-state index is 10.8. The van der Waals surface area contributed by atoms with Crippen molar-refractivity contribution in [2.45, 2.75) is 33.2 Å². The lowest BCUT2D eigenvalue weighted by Gasteiger charge is -2.07. The third-order valence-electron chi connectivity index (χ3n) is 2.44. The van der Waals surface area contributed by atoms with E-state index in [1.807, 2.05) is 0 Å². The Kier molecular flexibility index (Phi) is 5.11. The molecule has 0 radical (unpaired) electrons. The van der Waals surface area contributed by atoms with E-state index in [4.69, 9.17) is 4.74 Å². The van der Waals surface area contributed by atoms with Crippen LogP contribution in [0.25, 0.3) is 0 Å². The number of rotatable bonds is 7. The van der Waals surface area contributed by atoms with E-state index < -0.39 is 0 Å². The summed E-state index contributed by atoms with van der Waals surface area (Å²) in [7, 11) is 1.64. The van der Waals surface area contributed by atoms with Crippen LogP contribution in [-0.4, -0.2) is 35.0 Å². The van der Waals surface area contributed by atoms with Gasteiger partial charge < -0.3 is 4.74 Å². The van der Waals surface area contributed by atoms with E-state index in [1.165, 1.54) is 0 Å². The number of hydrogen-bond donors (Lipinski definition) is 0. The van der Waals surface area contributed by atoms with Crippen molar-refractivity contribution in [3.05, 3.63) is 11.4 Å². The first kappa shape index (κ1) is 12.8. The van der Waals surface area contributed by atoms with Gasteiger partial charge in [0.25, 0.3) is 0 Å². The SMILES string of the molecule is COCCn1nnc(C=O)c1CCC(C)C. The summed E-state index contributed by atoms with van der Waals surface area (Å²) in [5, 5.41) is 7.81. The van der Waals surface area contributed by atoms with Gasteiger partial charge in [-0.05, 0) is 18.8 Å². The Morgan fingerprint density at radius 1 is 1.50 bits per heavy atom. The number of carbonyl (C=O) groups is 1. The Balaban J connectivity index is 2.74. The fourth-order valence-corrected chi connectivity index (χ4v) is 1.48. The molecule has 0 aliphatic rings. The van der Waals surface area contributed by atoms with E-state index in [0.717, 1.165) is 24.8 Å². The van der Waals surface area contributed by atoms with E-state index in [0.29, 0.717) is 24.8 Å². The Labute approximate surface area is 95.8 Å². The Hall–Kier alpha value is -1.23. The zero-order valence-electron chi connectivity index (χ0n) is 10.1. The van der Waals surface area contributed by atoms with Crippen molar-refractivity contribution < 1.29 is 9.53 Å². The largest absolute Gasteiger partial charge is 0.383 e. The monoisotopic (exact) mass is 225 g/mol. The average molecular weight is 225 g/mol. The number of ether oxygens (including phenoxy) is 1. The van der Waals surface area contributed by atoms with Crippen LogP contribution >= 0.6 is 0 Å². The number of aldehydes is 1. The van der Waals surface area contributed by atoms with Crippen molar-refractivity contribution in [3.8, 4) is 0 Å². The average Bonchev–Trinajstić information content (AvgIpc) is 2.65. The molecule has 0 saturated carbocycles. The molecule has 1 aromatic rings. The molecule has 0 aliphatic carbocycles. The van der Waals surface area contributed by atoms with E-state index in [9.17, 15) is 4.79 Å². The Morgan fingerprint density at radius 3 is 2.81 bits per heavy atom. The van der Waals surface area contributed by atoms with E-state index in [-0.39, 0.29) is 0 Å². The molecule has 5 nitrogen and oxygen atoms in total. The maximum Gasteiger partial charge on any atom is 0.172 e. The molecule has 16 heavy (non-hydrogen) atoms. The second-order valence-corrected chi connectivity index (χ2v) is 4.19. The zero-order valence-corrected chi connectivity index (χ0v) is 10.1. The third kappa shape index (κ3) is 3.41. The topological polar surface area (TPSA) is 57.0 Å². The van der Waals surface area contributed by atoms with Gasteiger partial charge in [0.05, 0.1) is 18.8 Å². The molecule has 0 aliphatic heterocycles. The Bertz CT molecular complexity index is 334. The van der Waals surface area contributed by atoms with Crippen molar-refractivity contribution in [2.75, 3.05) is 13.7 Å². The molecular formula is C11H19N3O2. The molecule has 1 heterocycles. The summed E-state index contributed by atoms with van der Waals surface area (Å²) in [6, 6.07) is 0. The summed E-state index contributed by atoms with van der Waals surface area (Å²) < 4.78 is 6.75. The summed E-state index contributed by atoms with van der Waals surface area (Å²) in [4.78, 5) is 10.8. The minimum absolute atomic E-state index is 0.455. The first-order valence-corrected chi connectivity index (χ1v) is 5.55. The molecule has 5 heteroatoms. The van der Waals surface area contributed by atoms with Crippen LogP contribution in [0.5, 0.6) is 0 Å². The lowest BCUT2D eigenvalue weighted by Crippen LogP contribution is -2.11. The highest BCUT2D eigenvalue weighted by Crippen LogP contribution is 2.11. The predicted octanol–water partition coefficient (Wildman–Crippen LogP) is 1.33. The van der Waals surface area contributed by atoms with Crippen LogP contribution in [0.15, 0.2) is 0 Å². The molecule has 0 N–H and O–H groups in total. The van der Waals surface area contributed by atoms with Gasteiger partial charge in [0, 0.05) is 7.11 Å². The van der Waals surface area contributed by atoms with Gasteiger partial charge in [-0.3, -0.25) is 4.79 Å². The number of methoxy groups -OCH3 is 1. The van der Waals surface area contributed by atoms with Gasteiger partial charge in [-0.1, -0.05) is 19.1 Å². The third-order valence-corrected chi connectivity index (χ3v) is 2.44. The summed E-state index contributed by atoms with van der Waals surface area (Å²) in [5.41, 5.74) is 1.37. The molecule has 0 unspecified atom stereocenters. The molecule has 0 amide bonds. The summed E-state index contributed by atoms with van der Waals surface area (Å²) in [6.07, 6.45) is 2.63. The maximum absolute atomic E-state index is 10.8. The summed E-state index contributed by atoms with van der Waals surface area (Å²) >= 11 is 0. The predicted molar refractivity (Wildman–Crippen MR) is 60.4 cm³/mol. The van der Waals surface area contributed by atoms with Gasteiger partial charge >= 0.3 is 0 Å². The van der Waals surface area contributed by atoms with Crippen molar-refractivity contribution in [2.24, 2.45) is 5.92 Å². The standard InChI is InChI=1S/C11H19N3O2/c1-9(2)4-5-11-10(8-15)12-13-14(11)6-7-16-3/h8-9H,4-7H2,1-3H3. The van der Waals surface area contributed by atoms with Gasteiger partial charge in [0.1, 0.15) is 5.69 Å². The van der Waals surface area contributed by atoms with Gasteiger partial charge in [-0.25, -0.2) is 4.68 Å². The molecule has 0 bridgehead atoms. The van der Waals surface area contributed by atoms with Crippen LogP contribution in [-0.2, 0) is 17.7 Å². The summed E-state index contributed by atoms with van der Waals surface area (Å²) in [5.74, 6) is 0.602. The first-order chi connectivity index (χ1) is 7.69. The number of aromatic nitrogens is 3. The highest BCUT2D eigenvalue weighted by molar-refractivity contribution is 5.73. The first-order valence-electron chi connectivity index (χ1n) is 5.55. The molecule has 1 rings (SSSR count). The van der Waals surface area contributed by atoms with Crippen LogP contribution in [0.1, 0.15) is 36.5 Å². The fourth-order valence-electron chi connectivity index (χ4n) is 1.48. The summed E-state index contributed by atoms with van der Waals surface area (Å²) in [6.45, 7) is 5.54. The van der Waals surface area contributed by atoms with Crippen molar-refractivity contribution in [3.63, 3.8) is 0 Å². The van der Waals surface area contributed by atoms with Gasteiger partial charge in [0.2, 0.25) is 0 Å². The molecular weight excluding hydrogens is 206 g/mol. The van der Waals surface area contributed by atoms with Gasteiger partial charge in [0.15, 0.2) is 6.29 Å². The number of hydrogen-bond acceptors (Lipinski definition) is 4. The van der Waals surface area contributed by atoms with Crippen LogP contribution < -0.4 is 0 Å². The minimum atomic E-state index is 0.455. The number of nitrogens with zero attached hydrogens (tertiary/aromatic N) is 3. The minimum Gasteiger partial charge on any atom is -0.383 e. The van der Waals surface area contributed by atoms with Gasteiger partial charge in [-0.15, -0.1) is 5.10 Å². The van der Waals surface area contributed by atoms with Gasteiger partial charge in [-0.2, -0.15) is 0 Å². The second-order valence-electron chi connectivity index (χ2n) is 4.19. The van der Waals surface area contributed by atoms with E-state index >= 15 is 0 Å². The Morgan fingerprint density at radius 2 is 2.25 bits per heavy atom. The smallest absolute Gasteiger partial charge is 0.172 e. The lowest BCUT2D eigenvalue weighted by atomic mass is 10.1. The molecule has 0 fully saturated rings.